The molecule has 0 amide bonds. The fraction of sp³-hybridized carbons (Fsp3) is 0.286. The molecule has 3 aromatic heterocycles. The van der Waals surface area contributed by atoms with Crippen LogP contribution in [0.15, 0.2) is 65.8 Å². The number of hydrogen-bond acceptors (Lipinski definition) is 9. The van der Waals surface area contributed by atoms with Crippen molar-refractivity contribution in [3.05, 3.63) is 76.4 Å². The van der Waals surface area contributed by atoms with Gasteiger partial charge in [-0.05, 0) is 31.3 Å². The first kappa shape index (κ1) is 26.1. The number of ether oxygens (including phenoxy) is 2. The molecular formula is C28H29ClN8O3. The summed E-state index contributed by atoms with van der Waals surface area (Å²) in [5.74, 6) is 1.99. The highest BCUT2D eigenvalue weighted by molar-refractivity contribution is 6.32. The molecule has 0 atom stereocenters. The van der Waals surface area contributed by atoms with E-state index in [1.54, 1.807) is 36.0 Å². The summed E-state index contributed by atoms with van der Waals surface area (Å²) < 4.78 is 14.8. The van der Waals surface area contributed by atoms with Gasteiger partial charge in [0.25, 0.3) is 5.56 Å². The summed E-state index contributed by atoms with van der Waals surface area (Å²) in [5, 5.41) is 3.98. The molecule has 0 radical (unpaired) electrons. The van der Waals surface area contributed by atoms with Crippen LogP contribution in [0.2, 0.25) is 5.02 Å². The van der Waals surface area contributed by atoms with Crippen molar-refractivity contribution in [2.24, 2.45) is 0 Å². The van der Waals surface area contributed by atoms with Gasteiger partial charge in [0.15, 0.2) is 17.1 Å². The second-order valence-electron chi connectivity index (χ2n) is 9.60. The lowest BCUT2D eigenvalue weighted by molar-refractivity contribution is 0.133. The van der Waals surface area contributed by atoms with Crippen molar-refractivity contribution in [2.45, 2.75) is 0 Å². The number of rotatable bonds is 8. The number of likely N-dealkylation sites (N-methyl/N-ethyl adjacent to an activating group) is 1. The normalized spacial score (nSPS) is 14.6. The molecule has 1 fully saturated rings. The predicted octanol–water partition coefficient (Wildman–Crippen LogP) is 3.46. The lowest BCUT2D eigenvalue weighted by Crippen LogP contribution is -2.45. The zero-order valence-corrected chi connectivity index (χ0v) is 23.0. The molecule has 0 aliphatic carbocycles. The molecular weight excluding hydrogens is 532 g/mol. The summed E-state index contributed by atoms with van der Waals surface area (Å²) in [6.45, 7) is 5.68. The average Bonchev–Trinajstić information content (AvgIpc) is 3.46. The van der Waals surface area contributed by atoms with Gasteiger partial charge in [0.2, 0.25) is 11.7 Å². The van der Waals surface area contributed by atoms with Gasteiger partial charge in [-0.15, -0.1) is 0 Å². The zero-order chi connectivity index (χ0) is 27.6. The number of halogens is 1. The first-order valence-electron chi connectivity index (χ1n) is 13.0. The number of methoxy groups -OCH3 is 1. The molecule has 40 heavy (non-hydrogen) atoms. The third-order valence-electron chi connectivity index (χ3n) is 7.03. The fourth-order valence-electron chi connectivity index (χ4n) is 4.81. The third-order valence-corrected chi connectivity index (χ3v) is 7.35. The molecule has 206 valence electrons. The smallest absolute Gasteiger partial charge is 0.270 e. The van der Waals surface area contributed by atoms with Crippen LogP contribution in [-0.4, -0.2) is 87.2 Å². The Kier molecular flexibility index (Phi) is 7.25. The van der Waals surface area contributed by atoms with Crippen LogP contribution in [0.25, 0.3) is 22.5 Å². The number of aromatic nitrogens is 5. The van der Waals surface area contributed by atoms with Crippen molar-refractivity contribution in [1.29, 1.82) is 0 Å². The maximum atomic E-state index is 13.5. The Balaban J connectivity index is 1.24. The van der Waals surface area contributed by atoms with E-state index in [2.05, 4.69) is 37.1 Å². The van der Waals surface area contributed by atoms with Crippen molar-refractivity contribution in [2.75, 3.05) is 58.8 Å². The minimum absolute atomic E-state index is 0.312. The molecule has 1 aliphatic heterocycles. The van der Waals surface area contributed by atoms with Crippen LogP contribution in [0.1, 0.15) is 0 Å². The number of fused-ring (bicyclic) bond motifs is 3. The molecule has 1 saturated heterocycles. The number of hydrogen-bond donors (Lipinski definition) is 1. The zero-order valence-electron chi connectivity index (χ0n) is 22.2. The summed E-state index contributed by atoms with van der Waals surface area (Å²) in [6, 6.07) is 12.7. The molecule has 11 nitrogen and oxygen atoms in total. The second kappa shape index (κ2) is 11.1. The van der Waals surface area contributed by atoms with E-state index >= 15 is 0 Å². The van der Waals surface area contributed by atoms with Crippen molar-refractivity contribution < 1.29 is 9.47 Å². The van der Waals surface area contributed by atoms with Gasteiger partial charge in [0, 0.05) is 63.1 Å². The Labute approximate surface area is 235 Å². The minimum Gasteiger partial charge on any atom is -0.493 e. The van der Waals surface area contributed by atoms with E-state index in [1.165, 1.54) is 10.8 Å². The molecule has 0 saturated carbocycles. The van der Waals surface area contributed by atoms with E-state index in [-0.39, 0.29) is 5.56 Å². The fourth-order valence-corrected chi connectivity index (χ4v) is 5.03. The standard InChI is InChI=1S/C28H29ClN8O3/c1-34-11-13-35(14-12-34)15-16-40-23-8-7-19(17-24(23)39-2)32-27-31-18-20-25(33-27)36-10-9-30-28(36)37(26(20)38)22-6-4-3-5-21(22)29/h3-10,17-18H,11-16H2,1-2H3,(H,31,32,33). The van der Waals surface area contributed by atoms with E-state index in [0.29, 0.717) is 57.3 Å². The van der Waals surface area contributed by atoms with Gasteiger partial charge in [0.05, 0.1) is 17.8 Å². The lowest BCUT2D eigenvalue weighted by Gasteiger charge is -2.32. The number of nitrogens with zero attached hydrogens (tertiary/aromatic N) is 7. The van der Waals surface area contributed by atoms with Gasteiger partial charge >= 0.3 is 0 Å². The average molecular weight is 561 g/mol. The van der Waals surface area contributed by atoms with Gasteiger partial charge in [-0.25, -0.2) is 14.5 Å². The van der Waals surface area contributed by atoms with Crippen LogP contribution in [0.3, 0.4) is 0 Å². The number of para-hydroxylation sites is 1. The van der Waals surface area contributed by atoms with Gasteiger partial charge in [0.1, 0.15) is 12.0 Å². The Morgan fingerprint density at radius 1 is 1.05 bits per heavy atom. The highest BCUT2D eigenvalue weighted by Gasteiger charge is 2.18. The molecule has 12 heteroatoms. The van der Waals surface area contributed by atoms with E-state index in [0.717, 1.165) is 32.7 Å². The summed E-state index contributed by atoms with van der Waals surface area (Å²) >= 11 is 6.41. The van der Waals surface area contributed by atoms with E-state index in [9.17, 15) is 4.79 Å². The molecule has 4 heterocycles. The van der Waals surface area contributed by atoms with Crippen LogP contribution in [0.4, 0.5) is 11.6 Å². The molecule has 0 unspecified atom stereocenters. The quantitative estimate of drug-likeness (QED) is 0.306. The molecule has 1 N–H and O–H groups in total. The first-order chi connectivity index (χ1) is 19.5. The minimum atomic E-state index is -0.312. The van der Waals surface area contributed by atoms with Crippen LogP contribution in [0, 0.1) is 0 Å². The molecule has 0 spiro atoms. The summed E-state index contributed by atoms with van der Waals surface area (Å²) in [4.78, 5) is 31.7. The molecule has 0 bridgehead atoms. The highest BCUT2D eigenvalue weighted by atomic mass is 35.5. The number of piperazine rings is 1. The monoisotopic (exact) mass is 560 g/mol. The molecule has 2 aromatic carbocycles. The Hall–Kier alpha value is -4.19. The van der Waals surface area contributed by atoms with Gasteiger partial charge < -0.3 is 19.7 Å². The van der Waals surface area contributed by atoms with E-state index < -0.39 is 0 Å². The van der Waals surface area contributed by atoms with Crippen LogP contribution < -0.4 is 20.3 Å². The number of imidazole rings is 1. The predicted molar refractivity (Wildman–Crippen MR) is 155 cm³/mol. The number of nitrogens with one attached hydrogen (secondary N) is 1. The largest absolute Gasteiger partial charge is 0.493 e. The maximum Gasteiger partial charge on any atom is 0.270 e. The number of anilines is 2. The topological polar surface area (TPSA) is 102 Å². The van der Waals surface area contributed by atoms with Crippen LogP contribution in [0.5, 0.6) is 11.5 Å². The summed E-state index contributed by atoms with van der Waals surface area (Å²) in [7, 11) is 3.76. The van der Waals surface area contributed by atoms with Gasteiger partial charge in [-0.2, -0.15) is 4.98 Å². The van der Waals surface area contributed by atoms with E-state index in [1.807, 2.05) is 30.3 Å². The second-order valence-corrected chi connectivity index (χ2v) is 10.0. The highest BCUT2D eigenvalue weighted by Crippen LogP contribution is 2.31. The van der Waals surface area contributed by atoms with Crippen molar-refractivity contribution in [1.82, 2.24) is 33.7 Å². The van der Waals surface area contributed by atoms with Crippen molar-refractivity contribution in [3.8, 4) is 17.2 Å². The van der Waals surface area contributed by atoms with Crippen molar-refractivity contribution in [3.63, 3.8) is 0 Å². The Morgan fingerprint density at radius 2 is 1.88 bits per heavy atom. The first-order valence-corrected chi connectivity index (χ1v) is 13.4. The lowest BCUT2D eigenvalue weighted by atomic mass is 10.2. The molecule has 6 rings (SSSR count). The SMILES string of the molecule is COc1cc(Nc2ncc3c(=O)n(-c4ccccc4Cl)c4nccn4c3n2)ccc1OCCN1CCN(C)CC1. The van der Waals surface area contributed by atoms with Gasteiger partial charge in [-0.1, -0.05) is 23.7 Å². The third kappa shape index (κ3) is 5.06. The maximum absolute atomic E-state index is 13.5. The van der Waals surface area contributed by atoms with E-state index in [4.69, 9.17) is 21.1 Å². The molecule has 5 aromatic rings. The Bertz CT molecular complexity index is 1730. The summed E-state index contributed by atoms with van der Waals surface area (Å²) in [5.41, 5.74) is 1.36. The van der Waals surface area contributed by atoms with Crippen LogP contribution >= 0.6 is 11.6 Å². The summed E-state index contributed by atoms with van der Waals surface area (Å²) in [6.07, 6.45) is 4.87. The van der Waals surface area contributed by atoms with Crippen molar-refractivity contribution >= 4 is 40.0 Å². The Morgan fingerprint density at radius 3 is 2.67 bits per heavy atom. The van der Waals surface area contributed by atoms with Gasteiger partial charge in [-0.3, -0.25) is 14.1 Å². The van der Waals surface area contributed by atoms with Crippen LogP contribution in [-0.2, 0) is 0 Å². The molecule has 1 aliphatic rings. The number of benzene rings is 2.